The average Bonchev–Trinajstić information content (AvgIpc) is 2.99. The summed E-state index contributed by atoms with van der Waals surface area (Å²) in [5.74, 6) is 2.88. The molecule has 0 aromatic carbocycles. The lowest BCUT2D eigenvalue weighted by Gasteiger charge is -2.24. The summed E-state index contributed by atoms with van der Waals surface area (Å²) in [6.45, 7) is 7.06. The van der Waals surface area contributed by atoms with Gasteiger partial charge in [0.15, 0.2) is 0 Å². The predicted octanol–water partition coefficient (Wildman–Crippen LogP) is 2.63. The number of anilines is 1. The average molecular weight is 314 g/mol. The largest absolute Gasteiger partial charge is 0.365 e. The number of aryl methyl sites for hydroxylation is 4. The van der Waals surface area contributed by atoms with Crippen molar-refractivity contribution in [1.82, 2.24) is 24.7 Å². The molecule has 1 aliphatic rings. The van der Waals surface area contributed by atoms with Crippen molar-refractivity contribution in [2.75, 3.05) is 5.32 Å². The molecule has 0 fully saturated rings. The fraction of sp³-hybridized carbons (Fsp3) is 0.467. The molecule has 0 bridgehead atoms. The lowest BCUT2D eigenvalue weighted by molar-refractivity contribution is 0.440. The standard InChI is InChI=1S/C15H18N6S/c1-8-9(2)22-15-13(8)14(16-7-17-15)19-11-4-5-12-18-10(3)20-21(12)6-11/h7,11H,4-6H2,1-3H3,(H,16,17,19). The SMILES string of the molecule is Cc1nc2n(n1)CC(Nc1ncnc3sc(C)c(C)c13)CC2. The van der Waals surface area contributed by atoms with Gasteiger partial charge in [-0.1, -0.05) is 0 Å². The maximum Gasteiger partial charge on any atom is 0.147 e. The van der Waals surface area contributed by atoms with E-state index in [1.165, 1.54) is 10.4 Å². The van der Waals surface area contributed by atoms with Gasteiger partial charge in [0.1, 0.15) is 28.6 Å². The topological polar surface area (TPSA) is 68.5 Å². The van der Waals surface area contributed by atoms with E-state index in [9.17, 15) is 0 Å². The third kappa shape index (κ3) is 2.16. The van der Waals surface area contributed by atoms with E-state index in [1.54, 1.807) is 17.7 Å². The van der Waals surface area contributed by atoms with Gasteiger partial charge in [0.25, 0.3) is 0 Å². The first kappa shape index (κ1) is 13.6. The first-order chi connectivity index (χ1) is 10.6. The van der Waals surface area contributed by atoms with Crippen molar-refractivity contribution < 1.29 is 0 Å². The summed E-state index contributed by atoms with van der Waals surface area (Å²) in [5, 5.41) is 9.21. The fourth-order valence-electron chi connectivity index (χ4n) is 3.04. The van der Waals surface area contributed by atoms with Gasteiger partial charge in [0, 0.05) is 17.3 Å². The molecule has 7 heteroatoms. The highest BCUT2D eigenvalue weighted by Crippen LogP contribution is 2.33. The van der Waals surface area contributed by atoms with E-state index in [2.05, 4.69) is 39.2 Å². The van der Waals surface area contributed by atoms with Crippen molar-refractivity contribution in [3.8, 4) is 0 Å². The molecule has 114 valence electrons. The summed E-state index contributed by atoms with van der Waals surface area (Å²) >= 11 is 1.73. The van der Waals surface area contributed by atoms with Crippen molar-refractivity contribution in [2.24, 2.45) is 0 Å². The molecule has 1 atom stereocenters. The molecule has 0 saturated carbocycles. The van der Waals surface area contributed by atoms with E-state index < -0.39 is 0 Å². The van der Waals surface area contributed by atoms with E-state index in [0.717, 1.165) is 47.1 Å². The van der Waals surface area contributed by atoms with Gasteiger partial charge in [-0.25, -0.2) is 19.6 Å². The number of aromatic nitrogens is 5. The van der Waals surface area contributed by atoms with Crippen LogP contribution in [0.25, 0.3) is 10.2 Å². The molecule has 0 saturated heterocycles. The Morgan fingerprint density at radius 3 is 3.00 bits per heavy atom. The third-order valence-corrected chi connectivity index (χ3v) is 5.39. The second-order valence-corrected chi connectivity index (χ2v) is 7.03. The van der Waals surface area contributed by atoms with Crippen molar-refractivity contribution in [3.63, 3.8) is 0 Å². The Hall–Kier alpha value is -2.02. The minimum absolute atomic E-state index is 0.325. The van der Waals surface area contributed by atoms with Crippen molar-refractivity contribution >= 4 is 27.4 Å². The van der Waals surface area contributed by atoms with Crippen molar-refractivity contribution in [1.29, 1.82) is 0 Å². The Bertz CT molecular complexity index is 849. The van der Waals surface area contributed by atoms with E-state index in [4.69, 9.17) is 0 Å². The van der Waals surface area contributed by atoms with Crippen LogP contribution in [0.5, 0.6) is 0 Å². The summed E-state index contributed by atoms with van der Waals surface area (Å²) in [5.41, 5.74) is 1.27. The Morgan fingerprint density at radius 1 is 1.27 bits per heavy atom. The highest BCUT2D eigenvalue weighted by Gasteiger charge is 2.22. The van der Waals surface area contributed by atoms with Crippen LogP contribution in [0.4, 0.5) is 5.82 Å². The van der Waals surface area contributed by atoms with Gasteiger partial charge in [-0.05, 0) is 32.8 Å². The molecular weight excluding hydrogens is 296 g/mol. The summed E-state index contributed by atoms with van der Waals surface area (Å²) in [6.07, 6.45) is 3.65. The molecule has 0 amide bonds. The monoisotopic (exact) mass is 314 g/mol. The van der Waals surface area contributed by atoms with Crippen LogP contribution >= 0.6 is 11.3 Å². The van der Waals surface area contributed by atoms with Gasteiger partial charge in [0.05, 0.1) is 11.9 Å². The second-order valence-electron chi connectivity index (χ2n) is 5.82. The normalized spacial score (nSPS) is 17.7. The molecule has 4 rings (SSSR count). The van der Waals surface area contributed by atoms with Gasteiger partial charge >= 0.3 is 0 Å². The minimum Gasteiger partial charge on any atom is -0.365 e. The number of nitrogens with zero attached hydrogens (tertiary/aromatic N) is 5. The molecule has 1 N–H and O–H groups in total. The van der Waals surface area contributed by atoms with Crippen LogP contribution in [0, 0.1) is 20.8 Å². The highest BCUT2D eigenvalue weighted by molar-refractivity contribution is 7.18. The molecular formula is C15H18N6S. The second kappa shape index (κ2) is 5.01. The number of rotatable bonds is 2. The quantitative estimate of drug-likeness (QED) is 0.787. The third-order valence-electron chi connectivity index (χ3n) is 4.27. The number of hydrogen-bond donors (Lipinski definition) is 1. The van der Waals surface area contributed by atoms with Crippen LogP contribution in [0.1, 0.15) is 28.5 Å². The Balaban J connectivity index is 1.65. The number of hydrogen-bond acceptors (Lipinski definition) is 6. The highest BCUT2D eigenvalue weighted by atomic mass is 32.1. The Labute approximate surface area is 132 Å². The van der Waals surface area contributed by atoms with Gasteiger partial charge in [-0.3, -0.25) is 0 Å². The van der Waals surface area contributed by atoms with Crippen LogP contribution in [0.2, 0.25) is 0 Å². The summed E-state index contributed by atoms with van der Waals surface area (Å²) in [6, 6.07) is 0.325. The molecule has 0 aliphatic carbocycles. The van der Waals surface area contributed by atoms with E-state index in [1.807, 2.05) is 11.6 Å². The van der Waals surface area contributed by atoms with Crippen LogP contribution in [0.3, 0.4) is 0 Å². The molecule has 1 unspecified atom stereocenters. The summed E-state index contributed by atoms with van der Waals surface area (Å²) < 4.78 is 2.01. The first-order valence-corrected chi connectivity index (χ1v) is 8.31. The molecule has 4 heterocycles. The zero-order valence-corrected chi connectivity index (χ0v) is 13.7. The molecule has 0 radical (unpaired) electrons. The van der Waals surface area contributed by atoms with E-state index in [-0.39, 0.29) is 0 Å². The fourth-order valence-corrected chi connectivity index (χ4v) is 4.03. The van der Waals surface area contributed by atoms with Crippen molar-refractivity contribution in [3.05, 3.63) is 28.4 Å². The number of thiophene rings is 1. The van der Waals surface area contributed by atoms with Gasteiger partial charge in [-0.15, -0.1) is 11.3 Å². The van der Waals surface area contributed by atoms with E-state index in [0.29, 0.717) is 6.04 Å². The summed E-state index contributed by atoms with van der Waals surface area (Å²) in [4.78, 5) is 15.7. The zero-order chi connectivity index (χ0) is 15.3. The number of nitrogens with one attached hydrogen (secondary N) is 1. The molecule has 22 heavy (non-hydrogen) atoms. The lowest BCUT2D eigenvalue weighted by Crippen LogP contribution is -2.32. The Kier molecular flexibility index (Phi) is 3.11. The molecule has 6 nitrogen and oxygen atoms in total. The minimum atomic E-state index is 0.325. The smallest absolute Gasteiger partial charge is 0.147 e. The zero-order valence-electron chi connectivity index (χ0n) is 12.9. The van der Waals surface area contributed by atoms with Crippen LogP contribution in [-0.2, 0) is 13.0 Å². The molecule has 0 spiro atoms. The lowest BCUT2D eigenvalue weighted by atomic mass is 10.1. The number of fused-ring (bicyclic) bond motifs is 2. The van der Waals surface area contributed by atoms with Crippen LogP contribution < -0.4 is 5.32 Å². The maximum absolute atomic E-state index is 4.48. The predicted molar refractivity (Wildman–Crippen MR) is 87.4 cm³/mol. The Morgan fingerprint density at radius 2 is 2.14 bits per heavy atom. The van der Waals surface area contributed by atoms with Crippen LogP contribution in [-0.4, -0.2) is 30.8 Å². The molecule has 1 aliphatic heterocycles. The van der Waals surface area contributed by atoms with Gasteiger partial charge in [-0.2, -0.15) is 5.10 Å². The van der Waals surface area contributed by atoms with Crippen molar-refractivity contribution in [2.45, 2.75) is 46.2 Å². The maximum atomic E-state index is 4.48. The van der Waals surface area contributed by atoms with E-state index >= 15 is 0 Å². The van der Waals surface area contributed by atoms with Gasteiger partial charge in [0.2, 0.25) is 0 Å². The first-order valence-electron chi connectivity index (χ1n) is 7.49. The van der Waals surface area contributed by atoms with Crippen LogP contribution in [0.15, 0.2) is 6.33 Å². The van der Waals surface area contributed by atoms with Gasteiger partial charge < -0.3 is 5.32 Å². The molecule has 3 aromatic heterocycles. The molecule has 3 aromatic rings. The summed E-state index contributed by atoms with van der Waals surface area (Å²) in [7, 11) is 0.